The van der Waals surface area contributed by atoms with E-state index in [0.717, 1.165) is 17.7 Å². The van der Waals surface area contributed by atoms with Crippen molar-refractivity contribution in [3.63, 3.8) is 0 Å². The Kier molecular flexibility index (Phi) is 5.59. The van der Waals surface area contributed by atoms with E-state index in [9.17, 15) is 13.2 Å². The van der Waals surface area contributed by atoms with Crippen molar-refractivity contribution in [1.82, 2.24) is 10.3 Å². The van der Waals surface area contributed by atoms with Crippen molar-refractivity contribution in [3.8, 4) is 0 Å². The molecule has 1 N–H and O–H groups in total. The molecule has 18 heavy (non-hydrogen) atoms. The van der Waals surface area contributed by atoms with Gasteiger partial charge in [-0.05, 0) is 44.0 Å². The first kappa shape index (κ1) is 15.0. The van der Waals surface area contributed by atoms with Crippen molar-refractivity contribution >= 4 is 0 Å². The fourth-order valence-electron chi connectivity index (χ4n) is 1.80. The van der Waals surface area contributed by atoms with Crippen LogP contribution in [0.1, 0.15) is 43.5 Å². The Labute approximate surface area is 106 Å². The predicted molar refractivity (Wildman–Crippen MR) is 65.3 cm³/mol. The molecule has 1 heterocycles. The Balaban J connectivity index is 2.71. The summed E-state index contributed by atoms with van der Waals surface area (Å²) in [4.78, 5) is 4.06. The maximum atomic E-state index is 12.3. The molecule has 0 aromatic carbocycles. The lowest BCUT2D eigenvalue weighted by atomic mass is 10.0. The number of rotatable bonds is 6. The van der Waals surface area contributed by atoms with E-state index in [2.05, 4.69) is 10.3 Å². The topological polar surface area (TPSA) is 24.9 Å². The molecule has 0 radical (unpaired) electrons. The van der Waals surface area contributed by atoms with Crippen LogP contribution in [0.2, 0.25) is 0 Å². The van der Waals surface area contributed by atoms with Gasteiger partial charge in [-0.3, -0.25) is 4.98 Å². The first-order valence-electron chi connectivity index (χ1n) is 6.15. The summed E-state index contributed by atoms with van der Waals surface area (Å²) < 4.78 is 36.9. The highest BCUT2D eigenvalue weighted by Crippen LogP contribution is 2.27. The second kappa shape index (κ2) is 6.73. The number of alkyl halides is 3. The standard InChI is InChI=1S/C13H19F3N2/c1-3-7-18-12(4-6-13(14,15)16)11-5-8-17-10(2)9-11/h5,8-9,12,18H,3-4,6-7H2,1-2H3. The number of nitrogens with zero attached hydrogens (tertiary/aromatic N) is 1. The van der Waals surface area contributed by atoms with Crippen LogP contribution in [0.5, 0.6) is 0 Å². The summed E-state index contributed by atoms with van der Waals surface area (Å²) in [5.41, 5.74) is 1.70. The molecule has 0 aliphatic carbocycles. The number of pyridine rings is 1. The third-order valence-electron chi connectivity index (χ3n) is 2.68. The number of aromatic nitrogens is 1. The van der Waals surface area contributed by atoms with Crippen molar-refractivity contribution in [1.29, 1.82) is 0 Å². The maximum absolute atomic E-state index is 12.3. The van der Waals surface area contributed by atoms with E-state index >= 15 is 0 Å². The van der Waals surface area contributed by atoms with Gasteiger partial charge in [0.2, 0.25) is 0 Å². The molecule has 102 valence electrons. The van der Waals surface area contributed by atoms with E-state index in [4.69, 9.17) is 0 Å². The van der Waals surface area contributed by atoms with Crippen LogP contribution in [0.3, 0.4) is 0 Å². The van der Waals surface area contributed by atoms with Gasteiger partial charge >= 0.3 is 6.18 Å². The SMILES string of the molecule is CCCNC(CCC(F)(F)F)c1ccnc(C)c1. The number of nitrogens with one attached hydrogen (secondary N) is 1. The lowest BCUT2D eigenvalue weighted by Crippen LogP contribution is -2.24. The Morgan fingerprint density at radius 3 is 2.67 bits per heavy atom. The van der Waals surface area contributed by atoms with Crippen molar-refractivity contribution in [3.05, 3.63) is 29.6 Å². The zero-order chi connectivity index (χ0) is 13.6. The highest BCUT2D eigenvalue weighted by atomic mass is 19.4. The molecule has 0 aliphatic rings. The van der Waals surface area contributed by atoms with E-state index < -0.39 is 12.6 Å². The van der Waals surface area contributed by atoms with Crippen LogP contribution >= 0.6 is 0 Å². The normalized spacial score (nSPS) is 13.6. The van der Waals surface area contributed by atoms with Crippen LogP contribution in [0, 0.1) is 6.92 Å². The van der Waals surface area contributed by atoms with Gasteiger partial charge in [0.25, 0.3) is 0 Å². The zero-order valence-electron chi connectivity index (χ0n) is 10.7. The van der Waals surface area contributed by atoms with E-state index in [-0.39, 0.29) is 12.5 Å². The smallest absolute Gasteiger partial charge is 0.310 e. The first-order valence-corrected chi connectivity index (χ1v) is 6.15. The molecule has 1 atom stereocenters. The highest BCUT2D eigenvalue weighted by Gasteiger charge is 2.28. The Morgan fingerprint density at radius 2 is 2.11 bits per heavy atom. The van der Waals surface area contributed by atoms with Gasteiger partial charge in [-0.2, -0.15) is 13.2 Å². The van der Waals surface area contributed by atoms with Crippen LogP contribution in [0.15, 0.2) is 18.3 Å². The zero-order valence-corrected chi connectivity index (χ0v) is 10.7. The minimum absolute atomic E-state index is 0.0625. The summed E-state index contributed by atoms with van der Waals surface area (Å²) in [6, 6.07) is 3.36. The summed E-state index contributed by atoms with van der Waals surface area (Å²) in [6.07, 6.45) is -2.28. The van der Waals surface area contributed by atoms with Gasteiger partial charge in [0.1, 0.15) is 0 Å². The number of aryl methyl sites for hydroxylation is 1. The molecule has 1 aromatic rings. The van der Waals surface area contributed by atoms with Gasteiger partial charge in [-0.15, -0.1) is 0 Å². The van der Waals surface area contributed by atoms with Gasteiger partial charge in [-0.25, -0.2) is 0 Å². The molecule has 0 spiro atoms. The third-order valence-corrected chi connectivity index (χ3v) is 2.68. The predicted octanol–water partition coefficient (Wildman–Crippen LogP) is 3.77. The van der Waals surface area contributed by atoms with E-state index in [1.807, 2.05) is 19.9 Å². The lowest BCUT2D eigenvalue weighted by molar-refractivity contribution is -0.136. The molecule has 2 nitrogen and oxygen atoms in total. The molecule has 0 amide bonds. The quantitative estimate of drug-likeness (QED) is 0.842. The summed E-state index contributed by atoms with van der Waals surface area (Å²) >= 11 is 0. The lowest BCUT2D eigenvalue weighted by Gasteiger charge is -2.20. The van der Waals surface area contributed by atoms with Gasteiger partial charge in [0.15, 0.2) is 0 Å². The highest BCUT2D eigenvalue weighted by molar-refractivity contribution is 5.19. The second-order valence-electron chi connectivity index (χ2n) is 4.39. The van der Waals surface area contributed by atoms with Crippen LogP contribution in [0.4, 0.5) is 13.2 Å². The number of halogens is 3. The van der Waals surface area contributed by atoms with Gasteiger partial charge in [-0.1, -0.05) is 6.92 Å². The number of hydrogen-bond donors (Lipinski definition) is 1. The molecular weight excluding hydrogens is 241 g/mol. The van der Waals surface area contributed by atoms with Crippen LogP contribution < -0.4 is 5.32 Å². The van der Waals surface area contributed by atoms with Crippen molar-refractivity contribution < 1.29 is 13.2 Å². The monoisotopic (exact) mass is 260 g/mol. The first-order chi connectivity index (χ1) is 8.42. The molecule has 1 rings (SSSR count). The minimum atomic E-state index is -4.10. The number of hydrogen-bond acceptors (Lipinski definition) is 2. The fourth-order valence-corrected chi connectivity index (χ4v) is 1.80. The second-order valence-corrected chi connectivity index (χ2v) is 4.39. The Bertz CT molecular complexity index is 363. The van der Waals surface area contributed by atoms with E-state index in [1.54, 1.807) is 12.3 Å². The average Bonchev–Trinajstić information content (AvgIpc) is 2.28. The minimum Gasteiger partial charge on any atom is -0.310 e. The molecule has 0 fully saturated rings. The van der Waals surface area contributed by atoms with Crippen LogP contribution in [0.25, 0.3) is 0 Å². The van der Waals surface area contributed by atoms with E-state index in [1.165, 1.54) is 0 Å². The van der Waals surface area contributed by atoms with Crippen molar-refractivity contribution in [2.24, 2.45) is 0 Å². The van der Waals surface area contributed by atoms with Gasteiger partial charge in [0.05, 0.1) is 0 Å². The molecular formula is C13H19F3N2. The average molecular weight is 260 g/mol. The molecule has 0 saturated carbocycles. The van der Waals surface area contributed by atoms with Crippen LogP contribution in [-0.2, 0) is 0 Å². The van der Waals surface area contributed by atoms with Crippen molar-refractivity contribution in [2.75, 3.05) is 6.54 Å². The summed E-state index contributed by atoms with van der Waals surface area (Å²) in [6.45, 7) is 4.54. The van der Waals surface area contributed by atoms with Crippen molar-refractivity contribution in [2.45, 2.75) is 45.3 Å². The van der Waals surface area contributed by atoms with Crippen LogP contribution in [-0.4, -0.2) is 17.7 Å². The molecule has 1 aromatic heterocycles. The van der Waals surface area contributed by atoms with E-state index in [0.29, 0.717) is 6.54 Å². The Morgan fingerprint density at radius 1 is 1.39 bits per heavy atom. The molecule has 1 unspecified atom stereocenters. The Hall–Kier alpha value is -1.10. The van der Waals surface area contributed by atoms with Gasteiger partial charge in [0, 0.05) is 24.4 Å². The molecule has 0 saturated heterocycles. The summed E-state index contributed by atoms with van der Waals surface area (Å²) in [5.74, 6) is 0. The summed E-state index contributed by atoms with van der Waals surface area (Å²) in [5, 5.41) is 3.16. The fraction of sp³-hybridized carbons (Fsp3) is 0.615. The third kappa shape index (κ3) is 5.49. The largest absolute Gasteiger partial charge is 0.389 e. The molecule has 0 bridgehead atoms. The molecule has 5 heteroatoms. The summed E-state index contributed by atoms with van der Waals surface area (Å²) in [7, 11) is 0. The maximum Gasteiger partial charge on any atom is 0.389 e. The molecule has 0 aliphatic heterocycles. The van der Waals surface area contributed by atoms with Gasteiger partial charge < -0.3 is 5.32 Å².